The van der Waals surface area contributed by atoms with Crippen molar-refractivity contribution in [1.82, 2.24) is 4.98 Å². The zero-order chi connectivity index (χ0) is 10.7. The van der Waals surface area contributed by atoms with Crippen LogP contribution in [-0.2, 0) is 9.47 Å². The van der Waals surface area contributed by atoms with Crippen LogP contribution in [0.15, 0.2) is 22.9 Å². The fourth-order valence-electron chi connectivity index (χ4n) is 1.32. The Morgan fingerprint density at radius 3 is 3.07 bits per heavy atom. The lowest BCUT2D eigenvalue weighted by Gasteiger charge is -2.09. The van der Waals surface area contributed by atoms with Gasteiger partial charge in [0, 0.05) is 12.6 Å². The summed E-state index contributed by atoms with van der Waals surface area (Å²) in [5.74, 6) is -0.342. The monoisotopic (exact) mass is 271 g/mol. The zero-order valence-corrected chi connectivity index (χ0v) is 9.57. The largest absolute Gasteiger partial charge is 0.456 e. The SMILES string of the molecule is O=C(OC1CCOC1)c1ccc(Br)nc1. The summed E-state index contributed by atoms with van der Waals surface area (Å²) in [5.41, 5.74) is 0.463. The van der Waals surface area contributed by atoms with Crippen LogP contribution in [0.1, 0.15) is 16.8 Å². The molecule has 1 aliphatic heterocycles. The molecular weight excluding hydrogens is 262 g/mol. The summed E-state index contributed by atoms with van der Waals surface area (Å²) in [5, 5.41) is 0. The van der Waals surface area contributed by atoms with Crippen molar-refractivity contribution in [2.75, 3.05) is 13.2 Å². The number of ether oxygens (including phenoxy) is 2. The van der Waals surface area contributed by atoms with Gasteiger partial charge in [0.2, 0.25) is 0 Å². The Kier molecular flexibility index (Phi) is 3.33. The Bertz CT molecular complexity index is 346. The molecule has 0 amide bonds. The van der Waals surface area contributed by atoms with Gasteiger partial charge in [0.25, 0.3) is 0 Å². The topological polar surface area (TPSA) is 48.4 Å². The molecule has 0 saturated carbocycles. The van der Waals surface area contributed by atoms with Gasteiger partial charge in [-0.3, -0.25) is 0 Å². The number of rotatable bonds is 2. The highest BCUT2D eigenvalue weighted by molar-refractivity contribution is 9.10. The second-order valence-electron chi connectivity index (χ2n) is 3.26. The fraction of sp³-hybridized carbons (Fsp3) is 0.400. The molecule has 4 nitrogen and oxygen atoms in total. The third-order valence-corrected chi connectivity index (χ3v) is 2.59. The van der Waals surface area contributed by atoms with E-state index >= 15 is 0 Å². The molecule has 80 valence electrons. The predicted molar refractivity (Wildman–Crippen MR) is 56.6 cm³/mol. The van der Waals surface area contributed by atoms with E-state index in [1.54, 1.807) is 12.1 Å². The maximum atomic E-state index is 11.6. The first kappa shape index (κ1) is 10.6. The average molecular weight is 272 g/mol. The van der Waals surface area contributed by atoms with Crippen molar-refractivity contribution >= 4 is 21.9 Å². The molecular formula is C10H10BrNO3. The predicted octanol–water partition coefficient (Wildman–Crippen LogP) is 1.79. The molecule has 2 rings (SSSR count). The Balaban J connectivity index is 1.98. The van der Waals surface area contributed by atoms with Gasteiger partial charge >= 0.3 is 5.97 Å². The molecule has 0 aliphatic carbocycles. The fourth-order valence-corrected chi connectivity index (χ4v) is 1.56. The summed E-state index contributed by atoms with van der Waals surface area (Å²) >= 11 is 3.20. The molecule has 1 aliphatic rings. The van der Waals surface area contributed by atoms with Crippen molar-refractivity contribution in [2.24, 2.45) is 0 Å². The summed E-state index contributed by atoms with van der Waals surface area (Å²) in [4.78, 5) is 15.5. The summed E-state index contributed by atoms with van der Waals surface area (Å²) in [6, 6.07) is 3.39. The molecule has 15 heavy (non-hydrogen) atoms. The second kappa shape index (κ2) is 4.72. The lowest BCUT2D eigenvalue weighted by atomic mass is 10.3. The highest BCUT2D eigenvalue weighted by atomic mass is 79.9. The molecule has 1 fully saturated rings. The Morgan fingerprint density at radius 1 is 1.60 bits per heavy atom. The first-order valence-electron chi connectivity index (χ1n) is 4.66. The minimum absolute atomic E-state index is 0.110. The Labute approximate surface area is 95.7 Å². The van der Waals surface area contributed by atoms with Gasteiger partial charge in [0.05, 0.1) is 18.8 Å². The quantitative estimate of drug-likeness (QED) is 0.608. The summed E-state index contributed by atoms with van der Waals surface area (Å²) in [7, 11) is 0. The molecule has 5 heteroatoms. The van der Waals surface area contributed by atoms with Gasteiger partial charge in [0.1, 0.15) is 10.7 Å². The van der Waals surface area contributed by atoms with E-state index in [-0.39, 0.29) is 12.1 Å². The van der Waals surface area contributed by atoms with E-state index in [1.807, 2.05) is 0 Å². The van der Waals surface area contributed by atoms with Gasteiger partial charge < -0.3 is 9.47 Å². The maximum absolute atomic E-state index is 11.6. The van der Waals surface area contributed by atoms with Crippen molar-refractivity contribution in [3.05, 3.63) is 28.5 Å². The highest BCUT2D eigenvalue weighted by Crippen LogP contribution is 2.12. The number of pyridine rings is 1. The maximum Gasteiger partial charge on any atom is 0.340 e. The highest BCUT2D eigenvalue weighted by Gasteiger charge is 2.20. The van der Waals surface area contributed by atoms with Crippen LogP contribution >= 0.6 is 15.9 Å². The van der Waals surface area contributed by atoms with E-state index in [9.17, 15) is 4.79 Å². The van der Waals surface area contributed by atoms with Crippen LogP contribution < -0.4 is 0 Å². The molecule has 0 radical (unpaired) electrons. The van der Waals surface area contributed by atoms with Crippen LogP contribution in [0.5, 0.6) is 0 Å². The molecule has 1 aromatic heterocycles. The molecule has 1 atom stereocenters. The Morgan fingerprint density at radius 2 is 2.47 bits per heavy atom. The first-order chi connectivity index (χ1) is 7.25. The van der Waals surface area contributed by atoms with E-state index in [4.69, 9.17) is 9.47 Å². The van der Waals surface area contributed by atoms with E-state index in [2.05, 4.69) is 20.9 Å². The lowest BCUT2D eigenvalue weighted by Crippen LogP contribution is -2.18. The van der Waals surface area contributed by atoms with Crippen LogP contribution in [0, 0.1) is 0 Å². The van der Waals surface area contributed by atoms with Crippen molar-refractivity contribution in [2.45, 2.75) is 12.5 Å². The van der Waals surface area contributed by atoms with E-state index in [1.165, 1.54) is 6.20 Å². The molecule has 0 aromatic carbocycles. The second-order valence-corrected chi connectivity index (χ2v) is 4.07. The molecule has 0 spiro atoms. The van der Waals surface area contributed by atoms with Gasteiger partial charge in [-0.25, -0.2) is 9.78 Å². The molecule has 1 unspecified atom stereocenters. The molecule has 1 aromatic rings. The number of hydrogen-bond acceptors (Lipinski definition) is 4. The normalized spacial score (nSPS) is 20.2. The van der Waals surface area contributed by atoms with Crippen LogP contribution in [0.4, 0.5) is 0 Å². The summed E-state index contributed by atoms with van der Waals surface area (Å²) < 4.78 is 11.0. The zero-order valence-electron chi connectivity index (χ0n) is 7.98. The van der Waals surface area contributed by atoms with Crippen molar-refractivity contribution in [3.8, 4) is 0 Å². The van der Waals surface area contributed by atoms with Crippen LogP contribution in [0.25, 0.3) is 0 Å². The van der Waals surface area contributed by atoms with Crippen LogP contribution in [-0.4, -0.2) is 30.3 Å². The number of esters is 1. The number of carbonyl (C=O) groups excluding carboxylic acids is 1. The first-order valence-corrected chi connectivity index (χ1v) is 5.45. The van der Waals surface area contributed by atoms with Gasteiger partial charge in [-0.2, -0.15) is 0 Å². The molecule has 1 saturated heterocycles. The number of nitrogens with zero attached hydrogens (tertiary/aromatic N) is 1. The molecule has 2 heterocycles. The van der Waals surface area contributed by atoms with Gasteiger partial charge in [-0.15, -0.1) is 0 Å². The van der Waals surface area contributed by atoms with E-state index in [0.717, 1.165) is 6.42 Å². The molecule has 0 bridgehead atoms. The van der Waals surface area contributed by atoms with Gasteiger partial charge in [0.15, 0.2) is 0 Å². The third-order valence-electron chi connectivity index (χ3n) is 2.12. The summed E-state index contributed by atoms with van der Waals surface area (Å²) in [6.07, 6.45) is 2.15. The smallest absolute Gasteiger partial charge is 0.340 e. The summed E-state index contributed by atoms with van der Waals surface area (Å²) in [6.45, 7) is 1.16. The van der Waals surface area contributed by atoms with E-state index < -0.39 is 0 Å². The van der Waals surface area contributed by atoms with E-state index in [0.29, 0.717) is 23.4 Å². The lowest BCUT2D eigenvalue weighted by molar-refractivity contribution is 0.0270. The number of hydrogen-bond donors (Lipinski definition) is 0. The standard InChI is InChI=1S/C10H10BrNO3/c11-9-2-1-7(5-12-9)10(13)15-8-3-4-14-6-8/h1-2,5,8H,3-4,6H2. The van der Waals surface area contributed by atoms with Crippen molar-refractivity contribution < 1.29 is 14.3 Å². The van der Waals surface area contributed by atoms with Crippen molar-refractivity contribution in [3.63, 3.8) is 0 Å². The van der Waals surface area contributed by atoms with Crippen LogP contribution in [0.2, 0.25) is 0 Å². The number of halogens is 1. The number of aromatic nitrogens is 1. The minimum atomic E-state index is -0.342. The average Bonchev–Trinajstić information content (AvgIpc) is 2.71. The van der Waals surface area contributed by atoms with Crippen LogP contribution in [0.3, 0.4) is 0 Å². The van der Waals surface area contributed by atoms with Gasteiger partial charge in [-0.05, 0) is 28.1 Å². The Hall–Kier alpha value is -0.940. The van der Waals surface area contributed by atoms with Gasteiger partial charge in [-0.1, -0.05) is 0 Å². The number of carbonyl (C=O) groups is 1. The van der Waals surface area contributed by atoms with Crippen molar-refractivity contribution in [1.29, 1.82) is 0 Å². The third kappa shape index (κ3) is 2.76. The molecule has 0 N–H and O–H groups in total. The minimum Gasteiger partial charge on any atom is -0.456 e.